The van der Waals surface area contributed by atoms with E-state index < -0.39 is 42.0 Å². The molecule has 0 radical (unpaired) electrons. The van der Waals surface area contributed by atoms with E-state index in [1.807, 2.05) is 6.92 Å². The Hall–Kier alpha value is -5.08. The van der Waals surface area contributed by atoms with Gasteiger partial charge in [0.05, 0.1) is 12.3 Å². The Labute approximate surface area is 336 Å². The summed E-state index contributed by atoms with van der Waals surface area (Å²) in [6, 6.07) is 2.04. The van der Waals surface area contributed by atoms with E-state index in [9.17, 15) is 34.2 Å². The second-order valence-corrected chi connectivity index (χ2v) is 14.9. The van der Waals surface area contributed by atoms with Crippen LogP contribution in [0.3, 0.4) is 0 Å². The molecule has 2 unspecified atom stereocenters. The summed E-state index contributed by atoms with van der Waals surface area (Å²) in [6.07, 6.45) is 12.8. The maximum atomic E-state index is 15.0. The summed E-state index contributed by atoms with van der Waals surface area (Å²) in [5.41, 5.74) is -0.315. The number of anilines is 1. The standard InChI is InChI=1S/C42H64N6O9/c1-9-12-15-17-18-20-22-31(21-19-16-13-10-2)47-36(43-29(5)28(4)38(47)52)35(48-40(54)41(46(8)42(48)55)56-25-14-11-3)37(51)44-32-26-30(39(53)45(6)7)23-24-33(32)57-27-34(49)50/h23-24,26,31,35,54H,9-22,25,27H2,1-8H3,(H,44,51)(H,49,50). The highest BCUT2D eigenvalue weighted by molar-refractivity contribution is 6.00. The first kappa shape index (κ1) is 46.3. The van der Waals surface area contributed by atoms with Crippen molar-refractivity contribution in [1.82, 2.24) is 23.6 Å². The van der Waals surface area contributed by atoms with Gasteiger partial charge in [0.1, 0.15) is 11.6 Å². The first-order chi connectivity index (χ1) is 27.2. The van der Waals surface area contributed by atoms with Gasteiger partial charge in [-0.3, -0.25) is 23.5 Å². The summed E-state index contributed by atoms with van der Waals surface area (Å²) in [5, 5.41) is 23.9. The van der Waals surface area contributed by atoms with Gasteiger partial charge in [0.2, 0.25) is 0 Å². The lowest BCUT2D eigenvalue weighted by Gasteiger charge is -2.28. The Morgan fingerprint density at radius 2 is 1.46 bits per heavy atom. The molecule has 57 heavy (non-hydrogen) atoms. The van der Waals surface area contributed by atoms with Gasteiger partial charge >= 0.3 is 11.7 Å². The zero-order chi connectivity index (χ0) is 42.2. The smallest absolute Gasteiger partial charge is 0.341 e. The number of carboxylic acids is 1. The second-order valence-electron chi connectivity index (χ2n) is 14.9. The van der Waals surface area contributed by atoms with Crippen LogP contribution in [0.25, 0.3) is 0 Å². The lowest BCUT2D eigenvalue weighted by atomic mass is 9.99. The largest absolute Gasteiger partial charge is 0.491 e. The summed E-state index contributed by atoms with van der Waals surface area (Å²) >= 11 is 0. The Bertz CT molecular complexity index is 1930. The number of rotatable bonds is 25. The molecule has 1 aromatic carbocycles. The summed E-state index contributed by atoms with van der Waals surface area (Å²) in [4.78, 5) is 74.4. The summed E-state index contributed by atoms with van der Waals surface area (Å²) in [5.74, 6) is -3.47. The molecule has 0 spiro atoms. The average molecular weight is 797 g/mol. The average Bonchev–Trinajstić information content (AvgIpc) is 3.38. The van der Waals surface area contributed by atoms with Crippen molar-refractivity contribution in [2.24, 2.45) is 7.05 Å². The quantitative estimate of drug-likeness (QED) is 0.0762. The molecule has 2 amide bonds. The molecular formula is C42H64N6O9. The van der Waals surface area contributed by atoms with Gasteiger partial charge in [-0.1, -0.05) is 91.4 Å². The summed E-state index contributed by atoms with van der Waals surface area (Å²) in [6.45, 7) is 9.05. The van der Waals surface area contributed by atoms with Crippen molar-refractivity contribution in [2.75, 3.05) is 32.6 Å². The van der Waals surface area contributed by atoms with Gasteiger partial charge in [-0.05, 0) is 51.3 Å². The Morgan fingerprint density at radius 3 is 2.05 bits per heavy atom. The number of nitrogens with one attached hydrogen (secondary N) is 1. The van der Waals surface area contributed by atoms with Crippen LogP contribution in [0.5, 0.6) is 17.5 Å². The number of carbonyl (C=O) groups is 3. The molecule has 3 aromatic rings. The molecule has 3 rings (SSSR count). The zero-order valence-corrected chi connectivity index (χ0v) is 35.2. The van der Waals surface area contributed by atoms with Crippen LogP contribution >= 0.6 is 0 Å². The van der Waals surface area contributed by atoms with E-state index in [-0.39, 0.29) is 46.9 Å². The van der Waals surface area contributed by atoms with E-state index in [1.165, 1.54) is 34.7 Å². The maximum absolute atomic E-state index is 15.0. The monoisotopic (exact) mass is 796 g/mol. The van der Waals surface area contributed by atoms with Gasteiger partial charge in [-0.25, -0.2) is 19.1 Å². The molecule has 0 aliphatic carbocycles. The van der Waals surface area contributed by atoms with Crippen molar-refractivity contribution in [3.63, 3.8) is 0 Å². The van der Waals surface area contributed by atoms with Crippen LogP contribution in [0.2, 0.25) is 0 Å². The van der Waals surface area contributed by atoms with Crippen molar-refractivity contribution >= 4 is 23.5 Å². The SMILES string of the molecule is CCCCCCCCC(CCCCCC)n1c(C(C(=O)Nc2cc(C(=O)N(C)C)ccc2OCC(=O)O)n2c(O)c(OCCCC)n(C)c2=O)nc(C)c(C)c1=O. The molecule has 316 valence electrons. The van der Waals surface area contributed by atoms with E-state index >= 15 is 0 Å². The molecule has 3 N–H and O–H groups in total. The predicted octanol–water partition coefficient (Wildman–Crippen LogP) is 6.90. The number of ether oxygens (including phenoxy) is 2. The zero-order valence-electron chi connectivity index (χ0n) is 35.2. The van der Waals surface area contributed by atoms with Gasteiger partial charge in [0.15, 0.2) is 12.6 Å². The molecule has 0 saturated carbocycles. The molecule has 0 fully saturated rings. The third-order valence-corrected chi connectivity index (χ3v) is 10.2. The number of aromatic hydroxyl groups is 1. The van der Waals surface area contributed by atoms with Gasteiger partial charge < -0.3 is 29.9 Å². The molecule has 15 heteroatoms. The normalized spacial score (nSPS) is 12.3. The molecule has 2 aromatic heterocycles. The van der Waals surface area contributed by atoms with E-state index in [2.05, 4.69) is 19.2 Å². The highest BCUT2D eigenvalue weighted by atomic mass is 16.5. The number of unbranched alkanes of at least 4 members (excludes halogenated alkanes) is 9. The minimum absolute atomic E-state index is 0.0521. The van der Waals surface area contributed by atoms with Crippen LogP contribution in [0.15, 0.2) is 27.8 Å². The number of aromatic nitrogens is 4. The Balaban J connectivity index is 2.35. The minimum atomic E-state index is -1.73. The van der Waals surface area contributed by atoms with Crippen molar-refractivity contribution in [2.45, 2.75) is 137 Å². The first-order valence-corrected chi connectivity index (χ1v) is 20.4. The van der Waals surface area contributed by atoms with Crippen molar-refractivity contribution in [3.8, 4) is 17.5 Å². The number of hydrogen-bond acceptors (Lipinski definition) is 9. The number of carboxylic acid groups (broad SMARTS) is 1. The van der Waals surface area contributed by atoms with Gasteiger partial charge in [-0.2, -0.15) is 0 Å². The molecule has 0 aliphatic heterocycles. The summed E-state index contributed by atoms with van der Waals surface area (Å²) < 4.78 is 14.9. The van der Waals surface area contributed by atoms with Crippen LogP contribution in [-0.2, 0) is 16.6 Å². The molecule has 2 atom stereocenters. The predicted molar refractivity (Wildman–Crippen MR) is 220 cm³/mol. The van der Waals surface area contributed by atoms with E-state index in [0.29, 0.717) is 30.5 Å². The Kier molecular flexibility index (Phi) is 18.4. The van der Waals surface area contributed by atoms with Crippen LogP contribution in [0.4, 0.5) is 5.69 Å². The van der Waals surface area contributed by atoms with E-state index in [4.69, 9.17) is 14.5 Å². The molecule has 0 aliphatic rings. The van der Waals surface area contributed by atoms with Gasteiger partial charge in [0.25, 0.3) is 29.1 Å². The first-order valence-electron chi connectivity index (χ1n) is 20.4. The summed E-state index contributed by atoms with van der Waals surface area (Å²) in [7, 11) is 4.54. The number of amides is 2. The van der Waals surface area contributed by atoms with Crippen LogP contribution in [0.1, 0.15) is 150 Å². The van der Waals surface area contributed by atoms with Crippen molar-refractivity contribution in [1.29, 1.82) is 0 Å². The number of carbonyl (C=O) groups excluding carboxylic acids is 2. The second kappa shape index (κ2) is 22.6. The molecule has 0 bridgehead atoms. The molecular weight excluding hydrogens is 732 g/mol. The van der Waals surface area contributed by atoms with E-state index in [1.54, 1.807) is 27.9 Å². The topological polar surface area (TPSA) is 187 Å². The fourth-order valence-electron chi connectivity index (χ4n) is 6.80. The fourth-order valence-corrected chi connectivity index (χ4v) is 6.80. The molecule has 0 saturated heterocycles. The number of aryl methyl sites for hydroxylation is 1. The highest BCUT2D eigenvalue weighted by Crippen LogP contribution is 2.35. The third-order valence-electron chi connectivity index (χ3n) is 10.2. The van der Waals surface area contributed by atoms with Crippen molar-refractivity contribution < 1.29 is 34.1 Å². The maximum Gasteiger partial charge on any atom is 0.341 e. The number of nitrogens with zero attached hydrogens (tertiary/aromatic N) is 5. The van der Waals surface area contributed by atoms with Gasteiger partial charge in [-0.15, -0.1) is 0 Å². The third kappa shape index (κ3) is 12.2. The van der Waals surface area contributed by atoms with Crippen LogP contribution < -0.4 is 26.0 Å². The molecule has 2 heterocycles. The highest BCUT2D eigenvalue weighted by Gasteiger charge is 2.37. The Morgan fingerprint density at radius 1 is 0.860 bits per heavy atom. The van der Waals surface area contributed by atoms with E-state index in [0.717, 1.165) is 79.8 Å². The fraction of sp³-hybridized carbons (Fsp3) is 0.619. The number of benzene rings is 1. The van der Waals surface area contributed by atoms with Crippen molar-refractivity contribution in [3.05, 3.63) is 61.7 Å². The number of hydrogen-bond donors (Lipinski definition) is 3. The lowest BCUT2D eigenvalue weighted by molar-refractivity contribution is -0.139. The van der Waals surface area contributed by atoms with Crippen LogP contribution in [0, 0.1) is 13.8 Å². The van der Waals surface area contributed by atoms with Crippen LogP contribution in [-0.4, -0.2) is 78.9 Å². The minimum Gasteiger partial charge on any atom is -0.491 e. The molecule has 15 nitrogen and oxygen atoms in total. The van der Waals surface area contributed by atoms with Gasteiger partial charge in [0, 0.05) is 44.0 Å². The number of imidazole rings is 1. The lowest BCUT2D eigenvalue weighted by Crippen LogP contribution is -2.41. The number of aliphatic carboxylic acids is 1.